The number of esters is 3. The minimum absolute atomic E-state index is 0. The highest BCUT2D eigenvalue weighted by Crippen LogP contribution is 2.35. The van der Waals surface area contributed by atoms with Gasteiger partial charge in [0.15, 0.2) is 0 Å². The number of methoxy groups -OCH3 is 3. The molecule has 3 fully saturated rings. The molecule has 0 saturated carbocycles. The van der Waals surface area contributed by atoms with E-state index in [1.807, 2.05) is 172 Å². The molecule has 0 aliphatic carbocycles. The summed E-state index contributed by atoms with van der Waals surface area (Å²) in [6.45, 7) is 14.8. The largest absolute Gasteiger partial charge is 0.507 e. The number of ether oxygens (including phenoxy) is 7. The lowest BCUT2D eigenvalue weighted by Gasteiger charge is -2.30. The topological polar surface area (TPSA) is 320 Å². The van der Waals surface area contributed by atoms with Crippen LogP contribution in [-0.4, -0.2) is 190 Å². The van der Waals surface area contributed by atoms with Crippen LogP contribution in [0, 0.1) is 13.8 Å². The fourth-order valence-electron chi connectivity index (χ4n) is 13.9. The van der Waals surface area contributed by atoms with Crippen LogP contribution in [0.2, 0.25) is 0 Å². The molecule has 4 amide bonds. The number of carboxylic acids is 1. The molecule has 666 valence electrons. The number of carbonyl (C=O) groups is 8. The number of phenols is 2. The summed E-state index contributed by atoms with van der Waals surface area (Å²) in [6, 6.07) is 78.9. The third-order valence-electron chi connectivity index (χ3n) is 21.5. The molecule has 0 bridgehead atoms. The molecule has 12 aromatic rings. The second-order valence-electron chi connectivity index (χ2n) is 30.1. The first-order valence-electron chi connectivity index (χ1n) is 41.8. The van der Waals surface area contributed by atoms with Crippen LogP contribution in [-0.2, 0) is 14.2 Å². The number of nitrogens with one attached hydrogen (secondary N) is 4. The van der Waals surface area contributed by atoms with Crippen LogP contribution < -0.4 is 40.2 Å². The van der Waals surface area contributed by atoms with Crippen LogP contribution in [0.15, 0.2) is 267 Å². The molecule has 3 aliphatic heterocycles. The van der Waals surface area contributed by atoms with Gasteiger partial charge in [0.25, 0.3) is 23.6 Å². The lowest BCUT2D eigenvalue weighted by Crippen LogP contribution is -2.39. The van der Waals surface area contributed by atoms with E-state index in [1.54, 1.807) is 78.9 Å². The van der Waals surface area contributed by atoms with Crippen molar-refractivity contribution in [3.63, 3.8) is 0 Å². The van der Waals surface area contributed by atoms with Gasteiger partial charge in [0.2, 0.25) is 0 Å². The van der Waals surface area contributed by atoms with Crippen molar-refractivity contribution in [2.24, 2.45) is 0 Å². The third-order valence-corrected chi connectivity index (χ3v) is 21.8. The predicted molar refractivity (Wildman–Crippen MR) is 505 cm³/mol. The Hall–Kier alpha value is -14.2. The molecular formula is C102H101BrClN7O18. The van der Waals surface area contributed by atoms with Gasteiger partial charge in [0, 0.05) is 36.1 Å². The fourth-order valence-corrected chi connectivity index (χ4v) is 14.1. The summed E-state index contributed by atoms with van der Waals surface area (Å²) in [5, 5.41) is 41.9. The van der Waals surface area contributed by atoms with Crippen LogP contribution in [0.1, 0.15) is 113 Å². The zero-order valence-electron chi connectivity index (χ0n) is 72.0. The van der Waals surface area contributed by atoms with Crippen molar-refractivity contribution < 1.29 is 86.8 Å². The summed E-state index contributed by atoms with van der Waals surface area (Å²) in [5.74, 6) is -2.76. The van der Waals surface area contributed by atoms with Crippen LogP contribution in [0.3, 0.4) is 0 Å². The molecule has 0 spiro atoms. The van der Waals surface area contributed by atoms with E-state index in [2.05, 4.69) is 51.9 Å². The zero-order valence-corrected chi connectivity index (χ0v) is 74.4. The number of hydrogen-bond donors (Lipinski definition) is 7. The molecule has 3 saturated heterocycles. The molecule has 3 aliphatic rings. The summed E-state index contributed by atoms with van der Waals surface area (Å²) in [6.07, 6.45) is 3.66. The second kappa shape index (κ2) is 47.4. The van der Waals surface area contributed by atoms with E-state index in [9.17, 15) is 53.7 Å². The van der Waals surface area contributed by atoms with Gasteiger partial charge in [-0.3, -0.25) is 33.9 Å². The highest BCUT2D eigenvalue weighted by atomic mass is 79.9. The maximum absolute atomic E-state index is 13.2. The minimum atomic E-state index is -1.16. The summed E-state index contributed by atoms with van der Waals surface area (Å²) in [5.41, 5.74) is 11.8. The number of aromatic carboxylic acids is 1. The number of halogens is 2. The Morgan fingerprint density at radius 2 is 0.566 bits per heavy atom. The van der Waals surface area contributed by atoms with Crippen molar-refractivity contribution in [1.29, 1.82) is 0 Å². The van der Waals surface area contributed by atoms with Crippen molar-refractivity contribution in [3.8, 4) is 79.0 Å². The fraction of sp³-hybridized carbons (Fsp3) is 0.216. The number of aryl methyl sites for hydroxylation is 2. The van der Waals surface area contributed by atoms with Gasteiger partial charge in [-0.25, -0.2) is 19.2 Å². The Balaban J connectivity index is 0.000000166. The first kappa shape index (κ1) is 95.5. The van der Waals surface area contributed by atoms with E-state index in [0.29, 0.717) is 82.8 Å². The number of anilines is 4. The molecule has 0 radical (unpaired) electrons. The molecule has 0 unspecified atom stereocenters. The average Bonchev–Trinajstić information content (AvgIpc) is 0.882. The van der Waals surface area contributed by atoms with Crippen molar-refractivity contribution in [2.45, 2.75) is 33.1 Å². The lowest BCUT2D eigenvalue weighted by atomic mass is 10.0. The van der Waals surface area contributed by atoms with Gasteiger partial charge in [0.1, 0.15) is 54.3 Å². The second-order valence-corrected chi connectivity index (χ2v) is 30.9. The smallest absolute Gasteiger partial charge is 0.339 e. The highest BCUT2D eigenvalue weighted by Gasteiger charge is 2.26. The van der Waals surface area contributed by atoms with Crippen LogP contribution in [0.4, 0.5) is 22.7 Å². The first-order chi connectivity index (χ1) is 62.1. The molecule has 12 aromatic carbocycles. The van der Waals surface area contributed by atoms with Gasteiger partial charge in [-0.1, -0.05) is 174 Å². The Kier molecular flexibility index (Phi) is 35.1. The molecule has 25 nitrogen and oxygen atoms in total. The number of hydrogen-bond acceptors (Lipinski definition) is 20. The summed E-state index contributed by atoms with van der Waals surface area (Å²) in [7, 11) is 3.92. The van der Waals surface area contributed by atoms with Gasteiger partial charge >= 0.3 is 23.9 Å². The average molecular weight is 1830 g/mol. The Labute approximate surface area is 763 Å². The Bertz CT molecular complexity index is 5720. The molecule has 27 heteroatoms. The van der Waals surface area contributed by atoms with E-state index >= 15 is 0 Å². The standard InChI is InChI=1S/C27H28N2O4.C26H26N2O5.C25H24N2O5.C24H22BrNO4.ClH/c1-19-9-11-22(33-16-15-29-13-6-14-29)18-24(19)26(30)28-25-17-21(20-7-4-3-5-8-20)10-12-23(25)27(31)32-2;1-32-26(31)21-10-8-19(18-6-3-2-4-7-18)16-23(21)27-25(30)22-17-20(9-11-24(22)29)33-15-14-28-12-5-13-28;28-23-10-8-19(32-14-13-27-11-4-12-27)16-21(23)24(29)26-22-15-18(7-9-20(22)25(30)31)17-5-2-1-3-6-17;1-16-8-10-19(30-13-12-25)15-21(16)23(27)26-22-14-18(17-6-4-3-5-7-17)9-11-20(22)24(28)29-2;/h3-5,7-12,17-18H,6,13-16H2,1-2H3,(H,28,30);2-4,6-11,16-17,29H,5,12-15H2,1H3,(H,27,30);1-3,5-10,15-16,28H,4,11-14H2,(H,26,29)(H,30,31);3-11,14-15H,12-13H2,1-2H3,(H,26,27);1H. The van der Waals surface area contributed by atoms with Crippen LogP contribution in [0.5, 0.6) is 34.5 Å². The summed E-state index contributed by atoms with van der Waals surface area (Å²) in [4.78, 5) is 108. The number of phenolic OH excluding ortho intramolecular Hbond substituents is 2. The number of alkyl halides is 1. The number of nitrogens with zero attached hydrogens (tertiary/aromatic N) is 3. The quantitative estimate of drug-likeness (QED) is 0.0121. The number of carbonyl (C=O) groups excluding carboxylic acids is 7. The third kappa shape index (κ3) is 26.5. The van der Waals surface area contributed by atoms with Crippen LogP contribution in [0.25, 0.3) is 44.5 Å². The molecule has 7 N–H and O–H groups in total. The van der Waals surface area contributed by atoms with Crippen molar-refractivity contribution in [3.05, 3.63) is 323 Å². The summed E-state index contributed by atoms with van der Waals surface area (Å²) >= 11 is 3.32. The number of likely N-dealkylation sites (tertiary alicyclic amines) is 3. The molecule has 0 aromatic heterocycles. The van der Waals surface area contributed by atoms with E-state index in [4.69, 9.17) is 33.2 Å². The number of benzene rings is 12. The zero-order chi connectivity index (χ0) is 90.4. The van der Waals surface area contributed by atoms with E-state index in [0.717, 1.165) is 115 Å². The first-order valence-corrected chi connectivity index (χ1v) is 42.9. The number of amides is 4. The maximum atomic E-state index is 13.2. The molecule has 3 heterocycles. The highest BCUT2D eigenvalue weighted by molar-refractivity contribution is 9.09. The maximum Gasteiger partial charge on any atom is 0.339 e. The SMILES string of the molecule is COC(=O)c1ccc(-c2ccccc2)cc1NC(=O)c1cc(OCCBr)ccc1C.COC(=O)c1ccc(-c2ccccc2)cc1NC(=O)c1cc(OCCN2CCC2)ccc1C.COC(=O)c1ccc(-c2ccccc2)cc1NC(=O)c1cc(OCCN2CCC2)ccc1O.Cl.O=C(Nc1cc(-c2ccccc2)ccc1C(=O)O)c1cc(OCCN2CCC2)ccc1O. The monoisotopic (exact) mass is 1830 g/mol. The van der Waals surface area contributed by atoms with E-state index in [-0.39, 0.29) is 74.9 Å². The Morgan fingerprint density at radius 3 is 0.829 bits per heavy atom. The van der Waals surface area contributed by atoms with Crippen molar-refractivity contribution >= 4 is 98.6 Å². The van der Waals surface area contributed by atoms with E-state index in [1.165, 1.54) is 70.9 Å². The van der Waals surface area contributed by atoms with Gasteiger partial charge in [0.05, 0.1) is 84.1 Å². The number of aromatic hydroxyl groups is 2. The Morgan fingerprint density at radius 1 is 0.310 bits per heavy atom. The van der Waals surface area contributed by atoms with Gasteiger partial charge < -0.3 is 69.7 Å². The molecule has 0 atom stereocenters. The molecule has 129 heavy (non-hydrogen) atoms. The lowest BCUT2D eigenvalue weighted by molar-refractivity contribution is 0.0592. The van der Waals surface area contributed by atoms with Gasteiger partial charge in [-0.15, -0.1) is 12.4 Å². The minimum Gasteiger partial charge on any atom is -0.507 e. The molecule has 15 rings (SSSR count). The van der Waals surface area contributed by atoms with Gasteiger partial charge in [-0.05, 0) is 237 Å². The van der Waals surface area contributed by atoms with Crippen LogP contribution >= 0.6 is 28.3 Å². The normalized spacial score (nSPS) is 12.4. The number of rotatable bonds is 31. The number of carboxylic acid groups (broad SMARTS) is 1. The van der Waals surface area contributed by atoms with Crippen molar-refractivity contribution in [2.75, 3.05) is 133 Å². The van der Waals surface area contributed by atoms with Crippen molar-refractivity contribution in [1.82, 2.24) is 14.7 Å². The van der Waals surface area contributed by atoms with E-state index < -0.39 is 35.7 Å². The predicted octanol–water partition coefficient (Wildman–Crippen LogP) is 19.0. The van der Waals surface area contributed by atoms with Gasteiger partial charge in [-0.2, -0.15) is 0 Å². The molecular weight excluding hydrogens is 1730 g/mol. The summed E-state index contributed by atoms with van der Waals surface area (Å²) < 4.78 is 37.6.